The predicted molar refractivity (Wildman–Crippen MR) is 128 cm³/mol. The molecule has 4 rings (SSSR count). The fourth-order valence-electron chi connectivity index (χ4n) is 3.62. The highest BCUT2D eigenvalue weighted by Crippen LogP contribution is 2.34. The van der Waals surface area contributed by atoms with E-state index in [0.29, 0.717) is 33.3 Å². The average Bonchev–Trinajstić information content (AvgIpc) is 3.05. The zero-order valence-electron chi connectivity index (χ0n) is 18.5. The zero-order chi connectivity index (χ0) is 23.5. The van der Waals surface area contributed by atoms with Gasteiger partial charge in [-0.05, 0) is 30.2 Å². The van der Waals surface area contributed by atoms with E-state index in [1.54, 1.807) is 56.7 Å². The topological polar surface area (TPSA) is 67.9 Å². The SMILES string of the molecule is COc1cc(NC2=C(c3ccc(C)cc3)C(=O)N(Cc3ccc(Cl)cc3)C2=O)cc(OC)c1. The largest absolute Gasteiger partial charge is 0.497 e. The van der Waals surface area contributed by atoms with Crippen molar-refractivity contribution in [2.45, 2.75) is 13.5 Å². The molecule has 0 atom stereocenters. The summed E-state index contributed by atoms with van der Waals surface area (Å²) in [5.41, 5.74) is 3.61. The van der Waals surface area contributed by atoms with Crippen molar-refractivity contribution in [3.63, 3.8) is 0 Å². The molecule has 3 aromatic rings. The van der Waals surface area contributed by atoms with Gasteiger partial charge in [-0.15, -0.1) is 0 Å². The van der Waals surface area contributed by atoms with Gasteiger partial charge in [-0.2, -0.15) is 0 Å². The molecule has 3 aromatic carbocycles. The van der Waals surface area contributed by atoms with Crippen molar-refractivity contribution in [2.75, 3.05) is 19.5 Å². The second-order valence-corrected chi connectivity index (χ2v) is 8.10. The van der Waals surface area contributed by atoms with E-state index in [9.17, 15) is 9.59 Å². The number of nitrogens with one attached hydrogen (secondary N) is 1. The van der Waals surface area contributed by atoms with Gasteiger partial charge in [-0.3, -0.25) is 14.5 Å². The molecule has 0 spiro atoms. The first-order chi connectivity index (χ1) is 15.9. The van der Waals surface area contributed by atoms with E-state index in [-0.39, 0.29) is 18.1 Å². The third kappa shape index (κ3) is 4.71. The van der Waals surface area contributed by atoms with Crippen LogP contribution in [-0.2, 0) is 16.1 Å². The number of aryl methyl sites for hydroxylation is 1. The van der Waals surface area contributed by atoms with Gasteiger partial charge in [0.2, 0.25) is 0 Å². The minimum Gasteiger partial charge on any atom is -0.497 e. The number of ether oxygens (including phenoxy) is 2. The number of rotatable bonds is 7. The van der Waals surface area contributed by atoms with Crippen LogP contribution < -0.4 is 14.8 Å². The van der Waals surface area contributed by atoms with Crippen LogP contribution in [0.1, 0.15) is 16.7 Å². The number of imide groups is 1. The Bertz CT molecular complexity index is 1210. The van der Waals surface area contributed by atoms with Gasteiger partial charge in [0.15, 0.2) is 0 Å². The molecule has 168 valence electrons. The Morgan fingerprint density at radius 3 is 2.03 bits per heavy atom. The summed E-state index contributed by atoms with van der Waals surface area (Å²) >= 11 is 5.98. The summed E-state index contributed by atoms with van der Waals surface area (Å²) in [6, 6.07) is 19.8. The first-order valence-electron chi connectivity index (χ1n) is 10.3. The smallest absolute Gasteiger partial charge is 0.278 e. The second-order valence-electron chi connectivity index (χ2n) is 7.67. The lowest BCUT2D eigenvalue weighted by Gasteiger charge is -2.16. The highest BCUT2D eigenvalue weighted by atomic mass is 35.5. The van der Waals surface area contributed by atoms with E-state index < -0.39 is 5.91 Å². The van der Waals surface area contributed by atoms with Crippen LogP contribution in [0, 0.1) is 6.92 Å². The number of carbonyl (C=O) groups is 2. The van der Waals surface area contributed by atoms with Crippen molar-refractivity contribution in [2.24, 2.45) is 0 Å². The van der Waals surface area contributed by atoms with E-state index in [1.165, 1.54) is 4.90 Å². The molecule has 0 fully saturated rings. The highest BCUT2D eigenvalue weighted by Gasteiger charge is 2.39. The van der Waals surface area contributed by atoms with Crippen molar-refractivity contribution in [3.05, 3.63) is 94.1 Å². The lowest BCUT2D eigenvalue weighted by molar-refractivity contribution is -0.137. The van der Waals surface area contributed by atoms with Crippen molar-refractivity contribution < 1.29 is 19.1 Å². The van der Waals surface area contributed by atoms with Crippen molar-refractivity contribution in [1.82, 2.24) is 4.90 Å². The molecular formula is C26H23ClN2O4. The first kappa shape index (κ1) is 22.4. The predicted octanol–water partition coefficient (Wildman–Crippen LogP) is 5.06. The second kappa shape index (κ2) is 9.38. The van der Waals surface area contributed by atoms with Crippen molar-refractivity contribution in [1.29, 1.82) is 0 Å². The Labute approximate surface area is 197 Å². The van der Waals surface area contributed by atoms with Gasteiger partial charge in [-0.25, -0.2) is 0 Å². The summed E-state index contributed by atoms with van der Waals surface area (Å²) < 4.78 is 10.7. The quantitative estimate of drug-likeness (QED) is 0.497. The molecule has 0 unspecified atom stereocenters. The molecule has 1 aliphatic heterocycles. The van der Waals surface area contributed by atoms with Crippen LogP contribution in [0.3, 0.4) is 0 Å². The molecule has 0 aliphatic carbocycles. The zero-order valence-corrected chi connectivity index (χ0v) is 19.3. The molecule has 1 aliphatic rings. The van der Waals surface area contributed by atoms with Crippen LogP contribution >= 0.6 is 11.6 Å². The Hall–Kier alpha value is -3.77. The number of carbonyl (C=O) groups excluding carboxylic acids is 2. The molecule has 0 saturated carbocycles. The van der Waals surface area contributed by atoms with Crippen LogP contribution in [0.25, 0.3) is 5.57 Å². The van der Waals surface area contributed by atoms with E-state index in [4.69, 9.17) is 21.1 Å². The lowest BCUT2D eigenvalue weighted by Crippen LogP contribution is -2.32. The van der Waals surface area contributed by atoms with E-state index in [2.05, 4.69) is 5.32 Å². The number of hydrogen-bond donors (Lipinski definition) is 1. The summed E-state index contributed by atoms with van der Waals surface area (Å²) in [5, 5.41) is 3.73. The molecule has 1 N–H and O–H groups in total. The van der Waals surface area contributed by atoms with Crippen LogP contribution in [0.2, 0.25) is 5.02 Å². The fourth-order valence-corrected chi connectivity index (χ4v) is 3.75. The van der Waals surface area contributed by atoms with Crippen LogP contribution in [0.4, 0.5) is 5.69 Å². The number of nitrogens with zero attached hydrogens (tertiary/aromatic N) is 1. The normalized spacial score (nSPS) is 13.5. The minimum atomic E-state index is -0.410. The first-order valence-corrected chi connectivity index (χ1v) is 10.7. The number of amides is 2. The summed E-state index contributed by atoms with van der Waals surface area (Å²) in [6.45, 7) is 2.10. The number of benzene rings is 3. The van der Waals surface area contributed by atoms with Gasteiger partial charge < -0.3 is 14.8 Å². The molecule has 0 saturated heterocycles. The van der Waals surface area contributed by atoms with Gasteiger partial charge in [0.1, 0.15) is 17.2 Å². The van der Waals surface area contributed by atoms with Crippen molar-refractivity contribution >= 4 is 34.7 Å². The van der Waals surface area contributed by atoms with Gasteiger partial charge in [0.25, 0.3) is 11.8 Å². The van der Waals surface area contributed by atoms with Gasteiger partial charge >= 0.3 is 0 Å². The standard InChI is InChI=1S/C26H23ClN2O4/c1-16-4-8-18(9-5-16)23-24(28-20-12-21(32-2)14-22(13-20)33-3)26(31)29(25(23)30)15-17-6-10-19(27)11-7-17/h4-14,28H,15H2,1-3H3. The number of anilines is 1. The highest BCUT2D eigenvalue weighted by molar-refractivity contribution is 6.36. The lowest BCUT2D eigenvalue weighted by atomic mass is 10.0. The Morgan fingerprint density at radius 1 is 0.848 bits per heavy atom. The number of hydrogen-bond acceptors (Lipinski definition) is 5. The van der Waals surface area contributed by atoms with E-state index in [0.717, 1.165) is 11.1 Å². The Morgan fingerprint density at radius 2 is 1.45 bits per heavy atom. The minimum absolute atomic E-state index is 0.136. The third-order valence-electron chi connectivity index (χ3n) is 5.38. The maximum atomic E-state index is 13.5. The molecule has 7 heteroatoms. The molecule has 33 heavy (non-hydrogen) atoms. The van der Waals surface area contributed by atoms with E-state index >= 15 is 0 Å². The fraction of sp³-hybridized carbons (Fsp3) is 0.154. The summed E-state index contributed by atoms with van der Waals surface area (Å²) in [5.74, 6) is 0.344. The molecule has 6 nitrogen and oxygen atoms in total. The monoisotopic (exact) mass is 462 g/mol. The summed E-state index contributed by atoms with van der Waals surface area (Å²) in [7, 11) is 3.10. The van der Waals surface area contributed by atoms with Crippen LogP contribution in [0.5, 0.6) is 11.5 Å². The molecule has 1 heterocycles. The Kier molecular flexibility index (Phi) is 6.38. The molecule has 0 aromatic heterocycles. The molecular weight excluding hydrogens is 440 g/mol. The van der Waals surface area contributed by atoms with Gasteiger partial charge in [0, 0.05) is 28.9 Å². The number of halogens is 1. The Balaban J connectivity index is 1.75. The summed E-state index contributed by atoms with van der Waals surface area (Å²) in [4.78, 5) is 28.1. The van der Waals surface area contributed by atoms with Gasteiger partial charge in [-0.1, -0.05) is 53.6 Å². The maximum absolute atomic E-state index is 13.5. The maximum Gasteiger partial charge on any atom is 0.278 e. The summed E-state index contributed by atoms with van der Waals surface area (Å²) in [6.07, 6.45) is 0. The van der Waals surface area contributed by atoms with Crippen LogP contribution in [-0.4, -0.2) is 30.9 Å². The third-order valence-corrected chi connectivity index (χ3v) is 5.63. The van der Waals surface area contributed by atoms with Gasteiger partial charge in [0.05, 0.1) is 26.3 Å². The van der Waals surface area contributed by atoms with Crippen LogP contribution in [0.15, 0.2) is 72.4 Å². The average molecular weight is 463 g/mol. The molecule has 0 bridgehead atoms. The molecule has 2 amide bonds. The van der Waals surface area contributed by atoms with E-state index in [1.807, 2.05) is 31.2 Å². The molecule has 0 radical (unpaired) electrons. The number of methoxy groups -OCH3 is 2. The van der Waals surface area contributed by atoms with Crippen molar-refractivity contribution in [3.8, 4) is 11.5 Å².